The molecule has 112 valence electrons. The van der Waals surface area contributed by atoms with Gasteiger partial charge in [0.15, 0.2) is 0 Å². The fraction of sp³-hybridized carbons (Fsp3) is 0.368. The molecular formula is C19H24FN. The maximum Gasteiger partial charge on any atom is 0.126 e. The summed E-state index contributed by atoms with van der Waals surface area (Å²) < 4.78 is 13.6. The van der Waals surface area contributed by atoms with Crippen LogP contribution in [0.15, 0.2) is 48.5 Å². The minimum Gasteiger partial charge on any atom is -0.310 e. The fourth-order valence-corrected chi connectivity index (χ4v) is 2.49. The van der Waals surface area contributed by atoms with Gasteiger partial charge in [0.2, 0.25) is 0 Å². The Kier molecular flexibility index (Phi) is 5.94. The van der Waals surface area contributed by atoms with Crippen LogP contribution in [0, 0.1) is 12.7 Å². The highest BCUT2D eigenvalue weighted by atomic mass is 19.1. The molecule has 0 saturated heterocycles. The Balaban J connectivity index is 2.03. The SMILES string of the molecule is CCCNC(CCc1ccc(C)c(F)c1)c1ccccc1. The van der Waals surface area contributed by atoms with Gasteiger partial charge in [-0.1, -0.05) is 49.4 Å². The normalized spacial score (nSPS) is 12.3. The second kappa shape index (κ2) is 7.94. The van der Waals surface area contributed by atoms with E-state index in [1.807, 2.05) is 18.2 Å². The van der Waals surface area contributed by atoms with Gasteiger partial charge in [-0.3, -0.25) is 0 Å². The van der Waals surface area contributed by atoms with Crippen molar-refractivity contribution in [3.05, 3.63) is 71.0 Å². The van der Waals surface area contributed by atoms with Crippen LogP contribution in [0.2, 0.25) is 0 Å². The summed E-state index contributed by atoms with van der Waals surface area (Å²) in [5.41, 5.74) is 3.08. The van der Waals surface area contributed by atoms with E-state index in [1.54, 1.807) is 13.0 Å². The van der Waals surface area contributed by atoms with Crippen molar-refractivity contribution in [2.45, 2.75) is 39.2 Å². The Labute approximate surface area is 127 Å². The summed E-state index contributed by atoms with van der Waals surface area (Å²) in [6.07, 6.45) is 2.97. The van der Waals surface area contributed by atoms with E-state index >= 15 is 0 Å². The van der Waals surface area contributed by atoms with E-state index in [0.29, 0.717) is 11.6 Å². The molecule has 0 amide bonds. The molecule has 1 atom stereocenters. The van der Waals surface area contributed by atoms with Gasteiger partial charge in [-0.25, -0.2) is 4.39 Å². The van der Waals surface area contributed by atoms with Crippen LogP contribution >= 0.6 is 0 Å². The van der Waals surface area contributed by atoms with Gasteiger partial charge in [0.05, 0.1) is 0 Å². The fourth-order valence-electron chi connectivity index (χ4n) is 2.49. The Hall–Kier alpha value is -1.67. The van der Waals surface area contributed by atoms with Crippen molar-refractivity contribution in [1.82, 2.24) is 5.32 Å². The van der Waals surface area contributed by atoms with Gasteiger partial charge in [0.25, 0.3) is 0 Å². The van der Waals surface area contributed by atoms with Crippen molar-refractivity contribution in [3.8, 4) is 0 Å². The van der Waals surface area contributed by atoms with E-state index in [0.717, 1.165) is 31.4 Å². The highest BCUT2D eigenvalue weighted by Gasteiger charge is 2.10. The van der Waals surface area contributed by atoms with Gasteiger partial charge in [-0.15, -0.1) is 0 Å². The summed E-state index contributed by atoms with van der Waals surface area (Å²) in [7, 11) is 0. The number of hydrogen-bond donors (Lipinski definition) is 1. The monoisotopic (exact) mass is 285 g/mol. The van der Waals surface area contributed by atoms with Crippen LogP contribution < -0.4 is 5.32 Å². The topological polar surface area (TPSA) is 12.0 Å². The van der Waals surface area contributed by atoms with Crippen LogP contribution in [0.5, 0.6) is 0 Å². The van der Waals surface area contributed by atoms with Crippen molar-refractivity contribution >= 4 is 0 Å². The molecule has 0 aliphatic heterocycles. The summed E-state index contributed by atoms with van der Waals surface area (Å²) in [6, 6.07) is 16.4. The lowest BCUT2D eigenvalue weighted by atomic mass is 9.98. The number of hydrogen-bond acceptors (Lipinski definition) is 1. The third-order valence-electron chi connectivity index (χ3n) is 3.80. The molecule has 2 aromatic rings. The quantitative estimate of drug-likeness (QED) is 0.770. The zero-order chi connectivity index (χ0) is 15.1. The van der Waals surface area contributed by atoms with Crippen molar-refractivity contribution in [2.24, 2.45) is 0 Å². The highest BCUT2D eigenvalue weighted by molar-refractivity contribution is 5.24. The Morgan fingerprint density at radius 3 is 2.52 bits per heavy atom. The lowest BCUT2D eigenvalue weighted by Gasteiger charge is -2.19. The molecular weight excluding hydrogens is 261 g/mol. The first-order valence-corrected chi connectivity index (χ1v) is 7.74. The van der Waals surface area contributed by atoms with Crippen LogP contribution in [-0.4, -0.2) is 6.54 Å². The lowest BCUT2D eigenvalue weighted by Crippen LogP contribution is -2.22. The molecule has 0 bridgehead atoms. The Morgan fingerprint density at radius 2 is 1.86 bits per heavy atom. The molecule has 0 saturated carbocycles. The van der Waals surface area contributed by atoms with Gasteiger partial charge < -0.3 is 5.32 Å². The Bertz CT molecular complexity index is 551. The second-order valence-corrected chi connectivity index (χ2v) is 5.54. The number of nitrogens with one attached hydrogen (secondary N) is 1. The lowest BCUT2D eigenvalue weighted by molar-refractivity contribution is 0.498. The molecule has 2 rings (SSSR count). The molecule has 0 aliphatic rings. The summed E-state index contributed by atoms with van der Waals surface area (Å²) >= 11 is 0. The van der Waals surface area contributed by atoms with E-state index in [9.17, 15) is 4.39 Å². The molecule has 0 aliphatic carbocycles. The minimum atomic E-state index is -0.106. The van der Waals surface area contributed by atoms with E-state index in [1.165, 1.54) is 5.56 Å². The summed E-state index contributed by atoms with van der Waals surface area (Å²) in [4.78, 5) is 0. The standard InChI is InChI=1S/C19H24FN/c1-3-13-21-19(17-7-5-4-6-8-17)12-11-16-10-9-15(2)18(20)14-16/h4-10,14,19,21H,3,11-13H2,1-2H3. The van der Waals surface area contributed by atoms with E-state index in [-0.39, 0.29) is 5.82 Å². The summed E-state index contributed by atoms with van der Waals surface area (Å²) in [5, 5.41) is 3.59. The maximum atomic E-state index is 13.6. The zero-order valence-corrected chi connectivity index (χ0v) is 12.9. The molecule has 0 radical (unpaired) electrons. The largest absolute Gasteiger partial charge is 0.310 e. The molecule has 1 unspecified atom stereocenters. The molecule has 21 heavy (non-hydrogen) atoms. The predicted molar refractivity (Wildman–Crippen MR) is 86.9 cm³/mol. The Morgan fingerprint density at radius 1 is 1.10 bits per heavy atom. The van der Waals surface area contributed by atoms with Gasteiger partial charge in [0, 0.05) is 6.04 Å². The number of halogens is 1. The average Bonchev–Trinajstić information content (AvgIpc) is 2.51. The van der Waals surface area contributed by atoms with Crippen molar-refractivity contribution in [3.63, 3.8) is 0 Å². The molecule has 0 spiro atoms. The van der Waals surface area contributed by atoms with Crippen LogP contribution in [0.4, 0.5) is 4.39 Å². The third kappa shape index (κ3) is 4.68. The molecule has 1 N–H and O–H groups in total. The van der Waals surface area contributed by atoms with Crippen LogP contribution in [0.1, 0.15) is 42.5 Å². The molecule has 0 aromatic heterocycles. The van der Waals surface area contributed by atoms with Crippen LogP contribution in [-0.2, 0) is 6.42 Å². The van der Waals surface area contributed by atoms with Gasteiger partial charge in [0.1, 0.15) is 5.82 Å². The average molecular weight is 285 g/mol. The van der Waals surface area contributed by atoms with Crippen molar-refractivity contribution < 1.29 is 4.39 Å². The number of rotatable bonds is 7. The number of benzene rings is 2. The molecule has 0 fully saturated rings. The van der Waals surface area contributed by atoms with Gasteiger partial charge in [-0.2, -0.15) is 0 Å². The van der Waals surface area contributed by atoms with Gasteiger partial charge in [-0.05, 0) is 55.5 Å². The smallest absolute Gasteiger partial charge is 0.126 e. The first-order chi connectivity index (χ1) is 10.2. The third-order valence-corrected chi connectivity index (χ3v) is 3.80. The summed E-state index contributed by atoms with van der Waals surface area (Å²) in [6.45, 7) is 4.97. The van der Waals surface area contributed by atoms with Crippen LogP contribution in [0.3, 0.4) is 0 Å². The minimum absolute atomic E-state index is 0.106. The van der Waals surface area contributed by atoms with Crippen molar-refractivity contribution in [1.29, 1.82) is 0 Å². The zero-order valence-electron chi connectivity index (χ0n) is 12.9. The molecule has 1 nitrogen and oxygen atoms in total. The van der Waals surface area contributed by atoms with E-state index < -0.39 is 0 Å². The second-order valence-electron chi connectivity index (χ2n) is 5.54. The molecule has 2 aromatic carbocycles. The first kappa shape index (κ1) is 15.7. The van der Waals surface area contributed by atoms with Crippen molar-refractivity contribution in [2.75, 3.05) is 6.54 Å². The van der Waals surface area contributed by atoms with Gasteiger partial charge >= 0.3 is 0 Å². The predicted octanol–water partition coefficient (Wildman–Crippen LogP) is 4.81. The molecule has 2 heteroatoms. The number of aryl methyl sites for hydroxylation is 2. The maximum absolute atomic E-state index is 13.6. The van der Waals surface area contributed by atoms with Crippen LogP contribution in [0.25, 0.3) is 0 Å². The molecule has 0 heterocycles. The highest BCUT2D eigenvalue weighted by Crippen LogP contribution is 2.20. The van der Waals surface area contributed by atoms with E-state index in [4.69, 9.17) is 0 Å². The van der Waals surface area contributed by atoms with E-state index in [2.05, 4.69) is 36.5 Å². The first-order valence-electron chi connectivity index (χ1n) is 7.74. The summed E-state index contributed by atoms with van der Waals surface area (Å²) in [5.74, 6) is -0.106.